The maximum Gasteiger partial charge on any atom is 0.319 e. The second-order valence-corrected chi connectivity index (χ2v) is 9.60. The number of urea groups is 1. The van der Waals surface area contributed by atoms with Gasteiger partial charge in [-0.15, -0.1) is 0 Å². The van der Waals surface area contributed by atoms with E-state index in [2.05, 4.69) is 54.6 Å². The standard InChI is InChI=1S/C26H27BrN4O/c27-21-9-7-19(8-10-21)22-5-1-2-6-23(22)29-26(32)30-25-20-11-14-31(15-12-20)24(25)16-18-4-3-13-28-17-18/h1-10,13,17,20,24-25H,11-12,14-16H2,(H2,29,30,32). The van der Waals surface area contributed by atoms with Gasteiger partial charge in [0.2, 0.25) is 0 Å². The number of piperidine rings is 3. The van der Waals surface area contributed by atoms with Crippen LogP contribution in [0.15, 0.2) is 77.5 Å². The minimum absolute atomic E-state index is 0.135. The van der Waals surface area contributed by atoms with Gasteiger partial charge in [-0.25, -0.2) is 4.79 Å². The van der Waals surface area contributed by atoms with E-state index in [9.17, 15) is 4.79 Å². The number of rotatable bonds is 5. The fraction of sp³-hybridized carbons (Fsp3) is 0.308. The normalized spacial score (nSPS) is 24.2. The first-order valence-electron chi connectivity index (χ1n) is 11.2. The lowest BCUT2D eigenvalue weighted by atomic mass is 9.77. The van der Waals surface area contributed by atoms with E-state index < -0.39 is 0 Å². The van der Waals surface area contributed by atoms with E-state index in [0.717, 1.165) is 53.6 Å². The molecule has 6 heteroatoms. The third-order valence-corrected chi connectivity index (χ3v) is 7.29. The van der Waals surface area contributed by atoms with Crippen LogP contribution in [0.25, 0.3) is 11.1 Å². The van der Waals surface area contributed by atoms with E-state index in [1.807, 2.05) is 54.9 Å². The lowest BCUT2D eigenvalue weighted by Gasteiger charge is -2.51. The number of nitrogens with one attached hydrogen (secondary N) is 2. The van der Waals surface area contributed by atoms with Crippen molar-refractivity contribution in [2.24, 2.45) is 5.92 Å². The molecule has 4 heterocycles. The van der Waals surface area contributed by atoms with Gasteiger partial charge in [0.1, 0.15) is 0 Å². The van der Waals surface area contributed by atoms with E-state index in [1.54, 1.807) is 0 Å². The number of benzene rings is 2. The first kappa shape index (κ1) is 21.2. The molecule has 2 unspecified atom stereocenters. The molecule has 2 atom stereocenters. The van der Waals surface area contributed by atoms with E-state index in [4.69, 9.17) is 0 Å². The van der Waals surface area contributed by atoms with Crippen LogP contribution in [0.2, 0.25) is 0 Å². The van der Waals surface area contributed by atoms with Gasteiger partial charge in [0, 0.05) is 34.5 Å². The van der Waals surface area contributed by atoms with Crippen LogP contribution in [0.1, 0.15) is 18.4 Å². The van der Waals surface area contributed by atoms with Gasteiger partial charge in [-0.1, -0.05) is 52.3 Å². The third kappa shape index (κ3) is 4.57. The average molecular weight is 491 g/mol. The van der Waals surface area contributed by atoms with E-state index in [1.165, 1.54) is 5.56 Å². The van der Waals surface area contributed by atoms with Crippen molar-refractivity contribution < 1.29 is 4.79 Å². The molecule has 0 radical (unpaired) electrons. The molecule has 6 rings (SSSR count). The monoisotopic (exact) mass is 490 g/mol. The summed E-state index contributed by atoms with van der Waals surface area (Å²) in [5.74, 6) is 0.522. The van der Waals surface area contributed by atoms with Crippen LogP contribution >= 0.6 is 15.9 Å². The molecule has 3 aromatic rings. The molecule has 3 aliphatic heterocycles. The van der Waals surface area contributed by atoms with Crippen molar-refractivity contribution in [2.45, 2.75) is 31.3 Å². The molecule has 3 fully saturated rings. The molecule has 5 nitrogen and oxygen atoms in total. The summed E-state index contributed by atoms with van der Waals surface area (Å²) in [6.45, 7) is 2.23. The summed E-state index contributed by atoms with van der Waals surface area (Å²) in [6.07, 6.45) is 6.94. The zero-order chi connectivity index (χ0) is 21.9. The third-order valence-electron chi connectivity index (χ3n) is 6.76. The molecule has 2 amide bonds. The van der Waals surface area contributed by atoms with Crippen LogP contribution in [0.4, 0.5) is 10.5 Å². The fourth-order valence-corrected chi connectivity index (χ4v) is 5.43. The molecule has 0 aliphatic carbocycles. The highest BCUT2D eigenvalue weighted by atomic mass is 79.9. The molecule has 32 heavy (non-hydrogen) atoms. The van der Waals surface area contributed by atoms with Crippen molar-refractivity contribution in [2.75, 3.05) is 18.4 Å². The average Bonchev–Trinajstić information content (AvgIpc) is 2.83. The van der Waals surface area contributed by atoms with Crippen LogP contribution in [0, 0.1) is 5.92 Å². The number of aromatic nitrogens is 1. The molecule has 1 aromatic heterocycles. The van der Waals surface area contributed by atoms with Gasteiger partial charge in [-0.2, -0.15) is 0 Å². The smallest absolute Gasteiger partial charge is 0.319 e. The Morgan fingerprint density at radius 1 is 1.03 bits per heavy atom. The maximum absolute atomic E-state index is 13.1. The van der Waals surface area contributed by atoms with Crippen molar-refractivity contribution in [3.05, 3.63) is 83.1 Å². The lowest BCUT2D eigenvalue weighted by molar-refractivity contribution is 0.0184. The number of pyridine rings is 1. The van der Waals surface area contributed by atoms with Crippen LogP contribution < -0.4 is 10.6 Å². The Morgan fingerprint density at radius 3 is 2.56 bits per heavy atom. The number of amides is 2. The highest BCUT2D eigenvalue weighted by molar-refractivity contribution is 9.10. The van der Waals surface area contributed by atoms with Gasteiger partial charge in [-0.3, -0.25) is 9.88 Å². The molecular formula is C26H27BrN4O. The topological polar surface area (TPSA) is 57.3 Å². The largest absolute Gasteiger partial charge is 0.333 e. The second kappa shape index (κ2) is 9.43. The minimum atomic E-state index is -0.135. The highest BCUT2D eigenvalue weighted by Gasteiger charge is 2.42. The van der Waals surface area contributed by atoms with Gasteiger partial charge >= 0.3 is 6.03 Å². The van der Waals surface area contributed by atoms with Crippen LogP contribution in [-0.2, 0) is 6.42 Å². The van der Waals surface area contributed by atoms with Gasteiger partial charge < -0.3 is 10.6 Å². The van der Waals surface area contributed by atoms with E-state index in [0.29, 0.717) is 12.0 Å². The number of halogens is 1. The number of hydrogen-bond donors (Lipinski definition) is 2. The number of fused-ring (bicyclic) bond motifs is 3. The van der Waals surface area contributed by atoms with Crippen molar-refractivity contribution in [1.29, 1.82) is 0 Å². The number of anilines is 1. The van der Waals surface area contributed by atoms with Crippen molar-refractivity contribution in [3.8, 4) is 11.1 Å². The highest BCUT2D eigenvalue weighted by Crippen LogP contribution is 2.34. The Labute approximate surface area is 197 Å². The Hall–Kier alpha value is -2.70. The van der Waals surface area contributed by atoms with Crippen molar-refractivity contribution >= 4 is 27.6 Å². The molecule has 3 saturated heterocycles. The number of nitrogens with zero attached hydrogens (tertiary/aromatic N) is 2. The van der Waals surface area contributed by atoms with Gasteiger partial charge in [-0.05, 0) is 73.7 Å². The summed E-state index contributed by atoms with van der Waals surface area (Å²) in [6, 6.07) is 20.5. The van der Waals surface area contributed by atoms with Gasteiger partial charge in [0.25, 0.3) is 0 Å². The van der Waals surface area contributed by atoms with Crippen LogP contribution in [0.5, 0.6) is 0 Å². The predicted octanol–water partition coefficient (Wildman–Crippen LogP) is 5.34. The van der Waals surface area contributed by atoms with E-state index >= 15 is 0 Å². The van der Waals surface area contributed by atoms with Crippen LogP contribution in [-0.4, -0.2) is 41.1 Å². The summed E-state index contributed by atoms with van der Waals surface area (Å²) in [4.78, 5) is 19.9. The molecule has 2 bridgehead atoms. The first-order valence-corrected chi connectivity index (χ1v) is 12.0. The molecule has 164 valence electrons. The van der Waals surface area contributed by atoms with E-state index in [-0.39, 0.29) is 12.1 Å². The lowest BCUT2D eigenvalue weighted by Crippen LogP contribution is -2.64. The quantitative estimate of drug-likeness (QED) is 0.507. The van der Waals surface area contributed by atoms with Gasteiger partial charge in [0.15, 0.2) is 0 Å². The second-order valence-electron chi connectivity index (χ2n) is 8.68. The minimum Gasteiger partial charge on any atom is -0.333 e. The fourth-order valence-electron chi connectivity index (χ4n) is 5.17. The number of carbonyl (C=O) groups excluding carboxylic acids is 1. The Kier molecular flexibility index (Phi) is 6.23. The van der Waals surface area contributed by atoms with Crippen molar-refractivity contribution in [1.82, 2.24) is 15.2 Å². The molecule has 2 aromatic carbocycles. The number of carbonyl (C=O) groups is 1. The molecule has 0 saturated carbocycles. The molecule has 3 aliphatic rings. The summed E-state index contributed by atoms with van der Waals surface area (Å²) in [5.41, 5.74) is 4.12. The SMILES string of the molecule is O=C(Nc1ccccc1-c1ccc(Br)cc1)NC1C2CCN(CC2)C1Cc1cccnc1. The van der Waals surface area contributed by atoms with Gasteiger partial charge in [0.05, 0.1) is 5.69 Å². The van der Waals surface area contributed by atoms with Crippen LogP contribution in [0.3, 0.4) is 0 Å². The Morgan fingerprint density at radius 2 is 1.81 bits per heavy atom. The Balaban J connectivity index is 1.33. The summed E-state index contributed by atoms with van der Waals surface area (Å²) < 4.78 is 1.03. The number of para-hydroxylation sites is 1. The first-order chi connectivity index (χ1) is 15.7. The Bertz CT molecular complexity index is 1060. The van der Waals surface area contributed by atoms with Crippen molar-refractivity contribution in [3.63, 3.8) is 0 Å². The number of hydrogen-bond acceptors (Lipinski definition) is 3. The maximum atomic E-state index is 13.1. The molecule has 2 N–H and O–H groups in total. The molecule has 0 spiro atoms. The summed E-state index contributed by atoms with van der Waals surface area (Å²) in [7, 11) is 0. The summed E-state index contributed by atoms with van der Waals surface area (Å²) >= 11 is 3.49. The zero-order valence-electron chi connectivity index (χ0n) is 17.9. The zero-order valence-corrected chi connectivity index (χ0v) is 19.5. The molecular weight excluding hydrogens is 464 g/mol. The predicted molar refractivity (Wildman–Crippen MR) is 132 cm³/mol. The summed E-state index contributed by atoms with van der Waals surface area (Å²) in [5, 5.41) is 6.46.